The number of imide groups is 1. The molecule has 0 spiro atoms. The second-order valence-electron chi connectivity index (χ2n) is 7.83. The average Bonchev–Trinajstić information content (AvgIpc) is 3.13. The summed E-state index contributed by atoms with van der Waals surface area (Å²) in [5.41, 5.74) is 1.02. The van der Waals surface area contributed by atoms with Crippen LogP contribution < -0.4 is 20.4 Å². The Morgan fingerprint density at radius 3 is 2.11 bits per heavy atom. The van der Waals surface area contributed by atoms with Gasteiger partial charge < -0.3 is 20.3 Å². The molecule has 2 N–H and O–H groups in total. The molecule has 10 nitrogen and oxygen atoms in total. The third kappa shape index (κ3) is 6.62. The number of carbonyl (C=O) groups is 3. The molecule has 0 atom stereocenters. The first-order valence-electron chi connectivity index (χ1n) is 12.0. The Morgan fingerprint density at radius 1 is 0.974 bits per heavy atom. The van der Waals surface area contributed by atoms with Crippen LogP contribution in [0.4, 0.5) is 17.1 Å². The van der Waals surface area contributed by atoms with Gasteiger partial charge in [-0.25, -0.2) is 4.90 Å². The van der Waals surface area contributed by atoms with Crippen LogP contribution in [0.3, 0.4) is 0 Å². The fourth-order valence-corrected chi connectivity index (χ4v) is 4.04. The molecule has 0 fully saturated rings. The molecule has 2 aromatic carbocycles. The summed E-state index contributed by atoms with van der Waals surface area (Å²) < 4.78 is 5.29. The van der Waals surface area contributed by atoms with Gasteiger partial charge in [-0.15, -0.1) is 10.2 Å². The number of hydrogen-bond acceptors (Lipinski definition) is 8. The zero-order valence-corrected chi connectivity index (χ0v) is 24.0. The van der Waals surface area contributed by atoms with Crippen molar-refractivity contribution in [3.63, 3.8) is 0 Å². The number of ether oxygens (including phenoxy) is 1. The number of nitrogens with zero attached hydrogens (tertiary/aromatic N) is 4. The summed E-state index contributed by atoms with van der Waals surface area (Å²) in [5.74, 6) is -1.57. The first-order chi connectivity index (χ1) is 18.1. The van der Waals surface area contributed by atoms with Gasteiger partial charge in [0.15, 0.2) is 0 Å². The van der Waals surface area contributed by atoms with Gasteiger partial charge in [-0.1, -0.05) is 37.0 Å². The van der Waals surface area contributed by atoms with Gasteiger partial charge in [0.05, 0.1) is 23.9 Å². The summed E-state index contributed by atoms with van der Waals surface area (Å²) in [5, 5.41) is 14.5. The third-order valence-electron chi connectivity index (χ3n) is 5.14. The van der Waals surface area contributed by atoms with Crippen molar-refractivity contribution in [2.75, 3.05) is 44.1 Å². The molecular weight excluding hydrogens is 531 g/mol. The van der Waals surface area contributed by atoms with Crippen molar-refractivity contribution in [3.05, 3.63) is 63.1 Å². The highest BCUT2D eigenvalue weighted by Crippen LogP contribution is 2.39. The highest BCUT2D eigenvalue weighted by atomic mass is 35.5. The van der Waals surface area contributed by atoms with E-state index in [1.807, 2.05) is 20.8 Å². The normalized spacial score (nSPS) is 13.0. The number of anilines is 2. The molecule has 12 heteroatoms. The number of benzene rings is 2. The quantitative estimate of drug-likeness (QED) is 0.179. The Kier molecular flexibility index (Phi) is 11.1. The maximum Gasteiger partial charge on any atom is 0.277 e. The van der Waals surface area contributed by atoms with E-state index in [-0.39, 0.29) is 44.1 Å². The number of halogens is 2. The lowest BCUT2D eigenvalue weighted by Gasteiger charge is -2.14. The summed E-state index contributed by atoms with van der Waals surface area (Å²) in [6.45, 7) is 8.43. The number of likely N-dealkylation sites (N-methyl/N-ethyl adjacent to an activating group) is 1. The molecule has 0 aliphatic carbocycles. The summed E-state index contributed by atoms with van der Waals surface area (Å²) in [6, 6.07) is 7.65. The predicted octanol–water partition coefficient (Wildman–Crippen LogP) is 5.53. The van der Waals surface area contributed by atoms with Crippen molar-refractivity contribution in [1.82, 2.24) is 10.6 Å². The largest absolute Gasteiger partial charge is 0.481 e. The van der Waals surface area contributed by atoms with Gasteiger partial charge in [0.25, 0.3) is 17.7 Å². The van der Waals surface area contributed by atoms with Gasteiger partial charge in [-0.3, -0.25) is 14.4 Å². The van der Waals surface area contributed by atoms with Crippen molar-refractivity contribution in [3.8, 4) is 0 Å². The minimum Gasteiger partial charge on any atom is -0.481 e. The van der Waals surface area contributed by atoms with Crippen LogP contribution in [-0.2, 0) is 9.53 Å². The van der Waals surface area contributed by atoms with Crippen LogP contribution >= 0.6 is 23.2 Å². The molecule has 2 aromatic rings. The molecule has 0 unspecified atom stereocenters. The highest BCUT2D eigenvalue weighted by Gasteiger charge is 2.40. The predicted molar refractivity (Wildman–Crippen MR) is 151 cm³/mol. The van der Waals surface area contributed by atoms with Crippen molar-refractivity contribution in [1.29, 1.82) is 0 Å². The van der Waals surface area contributed by atoms with Crippen molar-refractivity contribution in [2.24, 2.45) is 10.2 Å². The summed E-state index contributed by atoms with van der Waals surface area (Å²) in [7, 11) is 4.96. The van der Waals surface area contributed by atoms with Crippen molar-refractivity contribution >= 4 is 58.0 Å². The van der Waals surface area contributed by atoms with E-state index in [1.165, 1.54) is 25.3 Å². The number of nitrogens with one attached hydrogen (secondary N) is 2. The van der Waals surface area contributed by atoms with Crippen LogP contribution in [0.25, 0.3) is 0 Å². The van der Waals surface area contributed by atoms with Gasteiger partial charge in [0, 0.05) is 42.9 Å². The van der Waals surface area contributed by atoms with Gasteiger partial charge in [-0.2, -0.15) is 0 Å². The van der Waals surface area contributed by atoms with E-state index < -0.39 is 17.7 Å². The second kappa shape index (κ2) is 13.8. The molecule has 0 bridgehead atoms. The maximum atomic E-state index is 13.5. The van der Waals surface area contributed by atoms with Crippen LogP contribution in [0.1, 0.15) is 48.4 Å². The summed E-state index contributed by atoms with van der Waals surface area (Å²) >= 11 is 12.2. The van der Waals surface area contributed by atoms with E-state index in [4.69, 9.17) is 27.9 Å². The maximum absolute atomic E-state index is 13.5. The van der Waals surface area contributed by atoms with E-state index in [0.717, 1.165) is 4.90 Å². The molecule has 1 heterocycles. The van der Waals surface area contributed by atoms with Crippen LogP contribution in [0, 0.1) is 0 Å². The number of hydrogen-bond donors (Lipinski definition) is 2. The van der Waals surface area contributed by atoms with E-state index in [2.05, 4.69) is 20.9 Å². The number of methoxy groups -OCH3 is 1. The van der Waals surface area contributed by atoms with Crippen LogP contribution in [-0.4, -0.2) is 52.0 Å². The minimum absolute atomic E-state index is 0.0446. The fourth-order valence-electron chi connectivity index (χ4n) is 3.53. The van der Waals surface area contributed by atoms with Crippen molar-refractivity contribution in [2.45, 2.75) is 27.7 Å². The Bertz CT molecular complexity index is 1260. The number of amides is 3. The molecule has 0 aromatic heterocycles. The van der Waals surface area contributed by atoms with Gasteiger partial charge in [-0.05, 0) is 44.2 Å². The third-order valence-corrected chi connectivity index (χ3v) is 5.58. The molecule has 1 aliphatic heterocycles. The van der Waals surface area contributed by atoms with Gasteiger partial charge in [0.1, 0.15) is 5.69 Å². The van der Waals surface area contributed by atoms with E-state index >= 15 is 0 Å². The lowest BCUT2D eigenvalue weighted by atomic mass is 10.1. The van der Waals surface area contributed by atoms with Crippen LogP contribution in [0.5, 0.6) is 0 Å². The fraction of sp³-hybridized carbons (Fsp3) is 0.346. The van der Waals surface area contributed by atoms with Crippen LogP contribution in [0.2, 0.25) is 10.0 Å². The molecule has 1 aliphatic rings. The topological polar surface area (TPSA) is 116 Å². The molecule has 3 amide bonds. The Labute approximate surface area is 232 Å². The molecule has 0 radical (unpaired) electrons. The Hall–Kier alpha value is -3.63. The Balaban J connectivity index is 0.00000247. The monoisotopic (exact) mass is 562 g/mol. The smallest absolute Gasteiger partial charge is 0.277 e. The number of carbonyl (C=O) groups excluding carboxylic acids is 3. The zero-order valence-electron chi connectivity index (χ0n) is 22.5. The number of fused-ring (bicyclic) bond motifs is 1. The summed E-state index contributed by atoms with van der Waals surface area (Å²) in [4.78, 5) is 42.2. The number of azo groups is 1. The number of rotatable bonds is 9. The molecule has 0 saturated heterocycles. The molecule has 38 heavy (non-hydrogen) atoms. The lowest BCUT2D eigenvalue weighted by Crippen LogP contribution is -2.29. The lowest BCUT2D eigenvalue weighted by molar-refractivity contribution is -0.117. The van der Waals surface area contributed by atoms with Gasteiger partial charge in [0.2, 0.25) is 11.6 Å². The van der Waals surface area contributed by atoms with E-state index in [9.17, 15) is 14.4 Å². The summed E-state index contributed by atoms with van der Waals surface area (Å²) in [6.07, 6.45) is 0. The first-order valence-corrected chi connectivity index (χ1v) is 12.8. The van der Waals surface area contributed by atoms with E-state index in [0.29, 0.717) is 18.8 Å². The SMILES string of the molecule is CC.CCNC(=O)/C(N=Nc1cc(N(C)C)cc2c1C(=O)N(c1cc(Cl)cc(Cl)c1)C2=O)=C(\NCC)OC. The first kappa shape index (κ1) is 30.6. The van der Waals surface area contributed by atoms with Crippen LogP contribution in [0.15, 0.2) is 52.1 Å². The highest BCUT2D eigenvalue weighted by molar-refractivity contribution is 6.38. The Morgan fingerprint density at radius 2 is 1.58 bits per heavy atom. The minimum atomic E-state index is -0.616. The molecule has 3 rings (SSSR count). The van der Waals surface area contributed by atoms with Gasteiger partial charge >= 0.3 is 0 Å². The standard InChI is InChI=1S/C24H26Cl2N6O4.C2H6/c1-6-27-21(33)20(22(36-5)28-7-2)30-29-18-12-15(31(3)4)11-17-19(18)24(35)32(23(17)34)16-9-13(25)8-14(26)10-16;1-2/h8-12,28H,6-7H2,1-5H3,(H,27,33);1-2H3/b22-20-,30-29?;. The van der Waals surface area contributed by atoms with Crippen molar-refractivity contribution < 1.29 is 19.1 Å². The molecular formula is C26H32Cl2N6O4. The zero-order chi connectivity index (χ0) is 28.6. The average molecular weight is 563 g/mol. The van der Waals surface area contributed by atoms with E-state index in [1.54, 1.807) is 38.1 Å². The molecule has 204 valence electrons. The molecule has 0 saturated carbocycles. The second-order valence-corrected chi connectivity index (χ2v) is 8.70.